The molecule has 1 heterocycles. The summed E-state index contributed by atoms with van der Waals surface area (Å²) in [7, 11) is 0. The van der Waals surface area contributed by atoms with Crippen molar-refractivity contribution in [2.45, 2.75) is 19.9 Å². The lowest BCUT2D eigenvalue weighted by Crippen LogP contribution is -2.13. The zero-order valence-electron chi connectivity index (χ0n) is 11.1. The maximum Gasteiger partial charge on any atom is 0.239 e. The number of nitrogens with two attached hydrogens (primary N) is 1. The zero-order valence-corrected chi connectivity index (χ0v) is 11.9. The van der Waals surface area contributed by atoms with Gasteiger partial charge in [-0.1, -0.05) is 23.7 Å². The molecule has 1 aromatic carbocycles. The SMILES string of the molecule is Cc1ccc(C(C)Nc2nc(NN)ncc2Cl)cc1F. The van der Waals surface area contributed by atoms with Crippen LogP contribution in [0.1, 0.15) is 24.1 Å². The molecule has 106 valence electrons. The Bertz CT molecular complexity index is 620. The Balaban J connectivity index is 2.22. The van der Waals surface area contributed by atoms with Crippen LogP contribution in [-0.2, 0) is 0 Å². The van der Waals surface area contributed by atoms with Gasteiger partial charge in [-0.25, -0.2) is 15.2 Å². The van der Waals surface area contributed by atoms with Gasteiger partial charge in [0.15, 0.2) is 5.82 Å². The lowest BCUT2D eigenvalue weighted by atomic mass is 10.1. The van der Waals surface area contributed by atoms with E-state index >= 15 is 0 Å². The molecule has 0 saturated carbocycles. The van der Waals surface area contributed by atoms with Crippen LogP contribution in [0.5, 0.6) is 0 Å². The van der Waals surface area contributed by atoms with E-state index < -0.39 is 0 Å². The first kappa shape index (κ1) is 14.5. The van der Waals surface area contributed by atoms with Gasteiger partial charge in [0.25, 0.3) is 0 Å². The smallest absolute Gasteiger partial charge is 0.239 e. The third-order valence-corrected chi connectivity index (χ3v) is 3.20. The van der Waals surface area contributed by atoms with Crippen LogP contribution in [0.2, 0.25) is 5.02 Å². The second-order valence-corrected chi connectivity index (χ2v) is 4.82. The molecular formula is C13H15ClFN5. The number of halogens is 2. The lowest BCUT2D eigenvalue weighted by molar-refractivity contribution is 0.614. The number of aryl methyl sites for hydroxylation is 1. The van der Waals surface area contributed by atoms with Gasteiger partial charge in [-0.2, -0.15) is 4.98 Å². The van der Waals surface area contributed by atoms with E-state index in [0.29, 0.717) is 16.4 Å². The average Bonchev–Trinajstić information content (AvgIpc) is 2.44. The summed E-state index contributed by atoms with van der Waals surface area (Å²) in [6.07, 6.45) is 1.44. The maximum absolute atomic E-state index is 13.6. The highest BCUT2D eigenvalue weighted by Gasteiger charge is 2.11. The Labute approximate surface area is 121 Å². The molecule has 0 saturated heterocycles. The topological polar surface area (TPSA) is 75.9 Å². The van der Waals surface area contributed by atoms with Gasteiger partial charge < -0.3 is 5.32 Å². The largest absolute Gasteiger partial charge is 0.362 e. The highest BCUT2D eigenvalue weighted by atomic mass is 35.5. The molecule has 0 aliphatic rings. The summed E-state index contributed by atoms with van der Waals surface area (Å²) in [6, 6.07) is 4.91. The molecule has 1 atom stereocenters. The predicted octanol–water partition coefficient (Wildman–Crippen LogP) is 3.04. The number of aromatic nitrogens is 2. The van der Waals surface area contributed by atoms with Crippen LogP contribution >= 0.6 is 11.6 Å². The Morgan fingerprint density at radius 1 is 1.40 bits per heavy atom. The summed E-state index contributed by atoms with van der Waals surface area (Å²) in [4.78, 5) is 8.00. The summed E-state index contributed by atoms with van der Waals surface area (Å²) in [5, 5.41) is 3.47. The molecule has 1 unspecified atom stereocenters. The van der Waals surface area contributed by atoms with Crippen LogP contribution in [0.25, 0.3) is 0 Å². The van der Waals surface area contributed by atoms with Crippen molar-refractivity contribution in [2.75, 3.05) is 10.7 Å². The second kappa shape index (κ2) is 6.02. The Hall–Kier alpha value is -1.92. The van der Waals surface area contributed by atoms with Crippen LogP contribution in [0.4, 0.5) is 16.2 Å². The van der Waals surface area contributed by atoms with E-state index in [-0.39, 0.29) is 17.8 Å². The van der Waals surface area contributed by atoms with Crippen molar-refractivity contribution < 1.29 is 4.39 Å². The Morgan fingerprint density at radius 2 is 2.15 bits per heavy atom. The Morgan fingerprint density at radius 3 is 2.80 bits per heavy atom. The van der Waals surface area contributed by atoms with Gasteiger partial charge in [-0.05, 0) is 31.0 Å². The van der Waals surface area contributed by atoms with Crippen LogP contribution in [-0.4, -0.2) is 9.97 Å². The van der Waals surface area contributed by atoms with Crippen molar-refractivity contribution in [3.63, 3.8) is 0 Å². The third kappa shape index (κ3) is 3.15. The van der Waals surface area contributed by atoms with E-state index in [1.807, 2.05) is 13.0 Å². The molecule has 4 N–H and O–H groups in total. The number of benzene rings is 1. The maximum atomic E-state index is 13.6. The number of hydrazine groups is 1. The van der Waals surface area contributed by atoms with Crippen molar-refractivity contribution in [3.8, 4) is 0 Å². The molecule has 0 radical (unpaired) electrons. The van der Waals surface area contributed by atoms with Crippen LogP contribution in [0, 0.1) is 12.7 Å². The monoisotopic (exact) mass is 295 g/mol. The number of hydrogen-bond acceptors (Lipinski definition) is 5. The molecule has 5 nitrogen and oxygen atoms in total. The van der Waals surface area contributed by atoms with Crippen molar-refractivity contribution >= 4 is 23.4 Å². The number of anilines is 2. The quantitative estimate of drug-likeness (QED) is 0.597. The predicted molar refractivity (Wildman–Crippen MR) is 78.0 cm³/mol. The number of nitrogen functional groups attached to an aromatic ring is 1. The van der Waals surface area contributed by atoms with Gasteiger partial charge in [0, 0.05) is 0 Å². The molecule has 0 bridgehead atoms. The van der Waals surface area contributed by atoms with E-state index in [0.717, 1.165) is 5.56 Å². The van der Waals surface area contributed by atoms with Crippen LogP contribution < -0.4 is 16.6 Å². The van der Waals surface area contributed by atoms with Gasteiger partial charge in [0.1, 0.15) is 10.8 Å². The third-order valence-electron chi connectivity index (χ3n) is 2.92. The first-order valence-electron chi connectivity index (χ1n) is 6.03. The fourth-order valence-corrected chi connectivity index (χ4v) is 1.85. The van der Waals surface area contributed by atoms with E-state index in [9.17, 15) is 4.39 Å². The molecule has 1 aromatic heterocycles. The van der Waals surface area contributed by atoms with E-state index in [1.165, 1.54) is 12.3 Å². The highest BCUT2D eigenvalue weighted by Crippen LogP contribution is 2.25. The summed E-state index contributed by atoms with van der Waals surface area (Å²) in [6.45, 7) is 3.61. The van der Waals surface area contributed by atoms with Gasteiger partial charge in [0.2, 0.25) is 5.95 Å². The van der Waals surface area contributed by atoms with Crippen molar-refractivity contribution in [3.05, 3.63) is 46.4 Å². The fourth-order valence-electron chi connectivity index (χ4n) is 1.70. The molecule has 0 spiro atoms. The van der Waals surface area contributed by atoms with Gasteiger partial charge in [-0.3, -0.25) is 5.43 Å². The van der Waals surface area contributed by atoms with Crippen LogP contribution in [0.15, 0.2) is 24.4 Å². The normalized spacial score (nSPS) is 12.1. The fraction of sp³-hybridized carbons (Fsp3) is 0.231. The standard InChI is InChI=1S/C13H15ClFN5/c1-7-3-4-9(5-11(7)15)8(2)18-12-10(14)6-17-13(19-12)20-16/h3-6,8H,16H2,1-2H3,(H2,17,18,19,20). The van der Waals surface area contributed by atoms with E-state index in [2.05, 4.69) is 20.7 Å². The second-order valence-electron chi connectivity index (χ2n) is 4.41. The van der Waals surface area contributed by atoms with Crippen molar-refractivity contribution in [1.29, 1.82) is 0 Å². The number of hydrogen-bond donors (Lipinski definition) is 3. The van der Waals surface area contributed by atoms with E-state index in [4.69, 9.17) is 17.4 Å². The van der Waals surface area contributed by atoms with Crippen molar-refractivity contribution in [1.82, 2.24) is 9.97 Å². The summed E-state index contributed by atoms with van der Waals surface area (Å²) < 4.78 is 13.6. The molecule has 2 aromatic rings. The molecule has 0 aliphatic heterocycles. The number of nitrogens with zero attached hydrogens (tertiary/aromatic N) is 2. The minimum Gasteiger partial charge on any atom is -0.362 e. The van der Waals surface area contributed by atoms with Crippen LogP contribution in [0.3, 0.4) is 0 Å². The molecule has 20 heavy (non-hydrogen) atoms. The van der Waals surface area contributed by atoms with E-state index in [1.54, 1.807) is 13.0 Å². The summed E-state index contributed by atoms with van der Waals surface area (Å²) >= 11 is 6.01. The molecule has 0 amide bonds. The minimum atomic E-state index is -0.241. The van der Waals surface area contributed by atoms with Gasteiger partial charge in [0.05, 0.1) is 12.2 Å². The minimum absolute atomic E-state index is 0.164. The van der Waals surface area contributed by atoms with Crippen molar-refractivity contribution in [2.24, 2.45) is 5.84 Å². The van der Waals surface area contributed by atoms with Gasteiger partial charge in [-0.15, -0.1) is 0 Å². The Kier molecular flexibility index (Phi) is 4.36. The number of rotatable bonds is 4. The molecular weight excluding hydrogens is 281 g/mol. The summed E-state index contributed by atoms with van der Waals surface area (Å²) in [5.74, 6) is 5.69. The molecule has 7 heteroatoms. The summed E-state index contributed by atoms with van der Waals surface area (Å²) in [5.41, 5.74) is 3.75. The number of nitrogens with one attached hydrogen (secondary N) is 2. The highest BCUT2D eigenvalue weighted by molar-refractivity contribution is 6.32. The zero-order chi connectivity index (χ0) is 14.7. The first-order chi connectivity index (χ1) is 9.51. The average molecular weight is 296 g/mol. The molecule has 0 aliphatic carbocycles. The molecule has 2 rings (SSSR count). The van der Waals surface area contributed by atoms with Gasteiger partial charge >= 0.3 is 0 Å². The molecule has 0 fully saturated rings. The first-order valence-corrected chi connectivity index (χ1v) is 6.41. The lowest BCUT2D eigenvalue weighted by Gasteiger charge is -2.16.